The molecular weight excluding hydrogens is 326 g/mol. The van der Waals surface area contributed by atoms with Gasteiger partial charge in [-0.2, -0.15) is 11.8 Å². The van der Waals surface area contributed by atoms with Crippen molar-refractivity contribution < 1.29 is 9.90 Å². The lowest BCUT2D eigenvalue weighted by Gasteiger charge is -2.23. The number of carbonyl (C=O) groups is 1. The Hall–Kier alpha value is -0.520. The molecule has 3 nitrogen and oxygen atoms in total. The first-order valence-electron chi connectivity index (χ1n) is 6.35. The lowest BCUT2D eigenvalue weighted by atomic mass is 10.0. The van der Waals surface area contributed by atoms with Gasteiger partial charge in [-0.3, -0.25) is 4.79 Å². The summed E-state index contributed by atoms with van der Waals surface area (Å²) in [5, 5.41) is 13.1. The molecule has 1 aliphatic heterocycles. The number of carbonyl (C=O) groups excluding carboxylic acids is 1. The molecule has 2 unspecified atom stereocenters. The molecule has 0 aliphatic carbocycles. The molecule has 0 aromatic heterocycles. The predicted octanol–water partition coefficient (Wildman–Crippen LogP) is 2.36. The van der Waals surface area contributed by atoms with Crippen molar-refractivity contribution in [1.82, 2.24) is 5.32 Å². The van der Waals surface area contributed by atoms with E-state index < -0.39 is 5.60 Å². The topological polar surface area (TPSA) is 49.3 Å². The Bertz CT molecular complexity index is 443. The SMILES string of the molecule is CC(Cc1ccc(Br)cc1)NC(=O)C1(O)CCSC1. The third-order valence-corrected chi connectivity index (χ3v) is 4.96. The molecule has 0 radical (unpaired) electrons. The van der Waals surface area contributed by atoms with Gasteiger partial charge in [-0.1, -0.05) is 28.1 Å². The van der Waals surface area contributed by atoms with Gasteiger partial charge in [0.2, 0.25) is 0 Å². The Morgan fingerprint density at radius 3 is 2.79 bits per heavy atom. The normalized spacial score (nSPS) is 24.2. The zero-order valence-corrected chi connectivity index (χ0v) is 13.3. The van der Waals surface area contributed by atoms with Crippen LogP contribution in [-0.2, 0) is 11.2 Å². The van der Waals surface area contributed by atoms with Crippen LogP contribution in [0.5, 0.6) is 0 Å². The molecule has 1 amide bonds. The minimum absolute atomic E-state index is 0.0169. The summed E-state index contributed by atoms with van der Waals surface area (Å²) in [6, 6.07) is 8.07. The number of benzene rings is 1. The minimum Gasteiger partial charge on any atom is -0.379 e. The molecule has 0 spiro atoms. The van der Waals surface area contributed by atoms with Crippen molar-refractivity contribution in [3.05, 3.63) is 34.3 Å². The Morgan fingerprint density at radius 2 is 2.21 bits per heavy atom. The Labute approximate surface area is 126 Å². The Balaban J connectivity index is 1.88. The van der Waals surface area contributed by atoms with E-state index in [9.17, 15) is 9.90 Å². The van der Waals surface area contributed by atoms with Crippen molar-refractivity contribution in [3.63, 3.8) is 0 Å². The molecule has 2 atom stereocenters. The summed E-state index contributed by atoms with van der Waals surface area (Å²) >= 11 is 5.02. The molecule has 2 rings (SSSR count). The molecular formula is C14H18BrNO2S. The van der Waals surface area contributed by atoms with Gasteiger partial charge in [0.25, 0.3) is 5.91 Å². The molecule has 2 N–H and O–H groups in total. The highest BCUT2D eigenvalue weighted by Gasteiger charge is 2.39. The summed E-state index contributed by atoms with van der Waals surface area (Å²) in [7, 11) is 0. The van der Waals surface area contributed by atoms with Gasteiger partial charge in [0.05, 0.1) is 0 Å². The van der Waals surface area contributed by atoms with Crippen molar-refractivity contribution >= 4 is 33.6 Å². The summed E-state index contributed by atoms with van der Waals surface area (Å²) in [4.78, 5) is 12.0. The van der Waals surface area contributed by atoms with Gasteiger partial charge in [0.15, 0.2) is 5.60 Å². The van der Waals surface area contributed by atoms with Crippen molar-refractivity contribution in [3.8, 4) is 0 Å². The second-order valence-electron chi connectivity index (χ2n) is 5.04. The minimum atomic E-state index is -1.17. The smallest absolute Gasteiger partial charge is 0.253 e. The van der Waals surface area contributed by atoms with Crippen LogP contribution in [0.3, 0.4) is 0 Å². The van der Waals surface area contributed by atoms with Crippen LogP contribution in [0.15, 0.2) is 28.7 Å². The fraction of sp³-hybridized carbons (Fsp3) is 0.500. The van der Waals surface area contributed by atoms with E-state index in [-0.39, 0.29) is 11.9 Å². The number of amides is 1. The van der Waals surface area contributed by atoms with Crippen molar-refractivity contribution in [2.24, 2.45) is 0 Å². The highest BCUT2D eigenvalue weighted by molar-refractivity contribution is 9.10. The van der Waals surface area contributed by atoms with Crippen LogP contribution in [0, 0.1) is 0 Å². The maximum Gasteiger partial charge on any atom is 0.253 e. The number of aliphatic hydroxyl groups is 1. The predicted molar refractivity (Wildman–Crippen MR) is 82.3 cm³/mol. The van der Waals surface area contributed by atoms with E-state index in [0.717, 1.165) is 16.6 Å². The fourth-order valence-electron chi connectivity index (χ4n) is 2.12. The van der Waals surface area contributed by atoms with Gasteiger partial charge in [-0.25, -0.2) is 0 Å². The van der Waals surface area contributed by atoms with E-state index in [2.05, 4.69) is 21.2 Å². The molecule has 104 valence electrons. The largest absolute Gasteiger partial charge is 0.379 e. The van der Waals surface area contributed by atoms with Crippen molar-refractivity contribution in [2.75, 3.05) is 11.5 Å². The molecule has 0 bridgehead atoms. The zero-order valence-electron chi connectivity index (χ0n) is 10.9. The molecule has 19 heavy (non-hydrogen) atoms. The number of rotatable bonds is 4. The van der Waals surface area contributed by atoms with Gasteiger partial charge in [0, 0.05) is 16.3 Å². The van der Waals surface area contributed by atoms with Gasteiger partial charge in [-0.05, 0) is 43.2 Å². The van der Waals surface area contributed by atoms with Crippen molar-refractivity contribution in [2.45, 2.75) is 31.4 Å². The first-order chi connectivity index (χ1) is 8.99. The van der Waals surface area contributed by atoms with Crippen LogP contribution in [0.2, 0.25) is 0 Å². The molecule has 1 aromatic carbocycles. The Kier molecular flexibility index (Phi) is 4.92. The van der Waals surface area contributed by atoms with Gasteiger partial charge < -0.3 is 10.4 Å². The molecule has 1 heterocycles. The van der Waals surface area contributed by atoms with Crippen LogP contribution in [-0.4, -0.2) is 34.2 Å². The summed E-state index contributed by atoms with van der Waals surface area (Å²) in [5.74, 6) is 1.12. The number of halogens is 1. The molecule has 1 saturated heterocycles. The van der Waals surface area contributed by atoms with E-state index in [1.807, 2.05) is 31.2 Å². The maximum absolute atomic E-state index is 12.0. The lowest BCUT2D eigenvalue weighted by molar-refractivity contribution is -0.137. The summed E-state index contributed by atoms with van der Waals surface area (Å²) in [6.07, 6.45) is 1.32. The van der Waals surface area contributed by atoms with Gasteiger partial charge in [-0.15, -0.1) is 0 Å². The third-order valence-electron chi connectivity index (χ3n) is 3.26. The van der Waals surface area contributed by atoms with Crippen LogP contribution in [0.25, 0.3) is 0 Å². The van der Waals surface area contributed by atoms with Crippen LogP contribution < -0.4 is 5.32 Å². The van der Waals surface area contributed by atoms with Crippen LogP contribution >= 0.6 is 27.7 Å². The molecule has 5 heteroatoms. The average molecular weight is 344 g/mol. The Morgan fingerprint density at radius 1 is 1.53 bits per heavy atom. The van der Waals surface area contributed by atoms with E-state index in [4.69, 9.17) is 0 Å². The molecule has 1 fully saturated rings. The summed E-state index contributed by atoms with van der Waals surface area (Å²) in [6.45, 7) is 1.96. The highest BCUT2D eigenvalue weighted by Crippen LogP contribution is 2.28. The second-order valence-corrected chi connectivity index (χ2v) is 7.06. The molecule has 0 saturated carbocycles. The first kappa shape index (κ1) is 14.9. The van der Waals surface area contributed by atoms with Crippen molar-refractivity contribution in [1.29, 1.82) is 0 Å². The lowest BCUT2D eigenvalue weighted by Crippen LogP contribution is -2.50. The van der Waals surface area contributed by atoms with E-state index >= 15 is 0 Å². The third kappa shape index (κ3) is 3.97. The quantitative estimate of drug-likeness (QED) is 0.882. The van der Waals surface area contributed by atoms with E-state index in [0.29, 0.717) is 12.2 Å². The average Bonchev–Trinajstić information content (AvgIpc) is 2.80. The monoisotopic (exact) mass is 343 g/mol. The van der Waals surface area contributed by atoms with Gasteiger partial charge in [0.1, 0.15) is 0 Å². The number of thioether (sulfide) groups is 1. The van der Waals surface area contributed by atoms with Crippen LogP contribution in [0.1, 0.15) is 18.9 Å². The molecule has 1 aromatic rings. The van der Waals surface area contributed by atoms with E-state index in [1.165, 1.54) is 5.56 Å². The number of hydrogen-bond donors (Lipinski definition) is 2. The molecule has 1 aliphatic rings. The number of hydrogen-bond acceptors (Lipinski definition) is 3. The number of nitrogens with one attached hydrogen (secondary N) is 1. The first-order valence-corrected chi connectivity index (χ1v) is 8.30. The second kappa shape index (κ2) is 6.29. The fourth-order valence-corrected chi connectivity index (χ4v) is 3.62. The summed E-state index contributed by atoms with van der Waals surface area (Å²) in [5.41, 5.74) is 0.00216. The van der Waals surface area contributed by atoms with Gasteiger partial charge >= 0.3 is 0 Å². The highest BCUT2D eigenvalue weighted by atomic mass is 79.9. The summed E-state index contributed by atoms with van der Waals surface area (Å²) < 4.78 is 1.05. The maximum atomic E-state index is 12.0. The standard InChI is InChI=1S/C14H18BrNO2S/c1-10(8-11-2-4-12(15)5-3-11)16-13(17)14(18)6-7-19-9-14/h2-5,10,18H,6-9H2,1H3,(H,16,17). The van der Waals surface area contributed by atoms with E-state index in [1.54, 1.807) is 11.8 Å². The zero-order chi connectivity index (χ0) is 13.9. The van der Waals surface area contributed by atoms with Crippen LogP contribution in [0.4, 0.5) is 0 Å².